The topological polar surface area (TPSA) is 64.4 Å². The van der Waals surface area contributed by atoms with Crippen molar-refractivity contribution in [2.24, 2.45) is 0 Å². The van der Waals surface area contributed by atoms with Crippen LogP contribution in [0.2, 0.25) is 0 Å². The Bertz CT molecular complexity index is 915. The van der Waals surface area contributed by atoms with Crippen LogP contribution < -0.4 is 10.1 Å². The quantitative estimate of drug-likeness (QED) is 0.656. The van der Waals surface area contributed by atoms with Gasteiger partial charge in [-0.1, -0.05) is 12.1 Å². The average Bonchev–Trinajstić information content (AvgIpc) is 3.02. The van der Waals surface area contributed by atoms with Gasteiger partial charge in [0, 0.05) is 12.8 Å². The standard InChI is InChI=1S/C21H24N2O3/c1-14-4-7-19-18(12-14)23-21(26-19)9-8-20(24)22-10-11-25-17-6-5-15(2)16(3)13-17/h4-7,12-13H,8-11H2,1-3H3,(H,22,24). The molecule has 1 heterocycles. The lowest BCUT2D eigenvalue weighted by molar-refractivity contribution is -0.121. The smallest absolute Gasteiger partial charge is 0.220 e. The Labute approximate surface area is 153 Å². The first-order valence-corrected chi connectivity index (χ1v) is 8.84. The number of amides is 1. The van der Waals surface area contributed by atoms with E-state index < -0.39 is 0 Å². The Morgan fingerprint density at radius 3 is 2.77 bits per heavy atom. The van der Waals surface area contributed by atoms with Crippen molar-refractivity contribution in [2.75, 3.05) is 13.2 Å². The molecule has 5 nitrogen and oxygen atoms in total. The van der Waals surface area contributed by atoms with Crippen LogP contribution in [0.5, 0.6) is 5.75 Å². The molecule has 0 aliphatic heterocycles. The van der Waals surface area contributed by atoms with Gasteiger partial charge in [0.05, 0.1) is 6.54 Å². The maximum atomic E-state index is 12.0. The van der Waals surface area contributed by atoms with Crippen LogP contribution in [0.3, 0.4) is 0 Å². The number of benzene rings is 2. The molecule has 0 fully saturated rings. The molecule has 2 aromatic carbocycles. The molecule has 3 rings (SSSR count). The van der Waals surface area contributed by atoms with Crippen LogP contribution in [-0.2, 0) is 11.2 Å². The van der Waals surface area contributed by atoms with E-state index in [1.54, 1.807) is 0 Å². The Morgan fingerprint density at radius 2 is 1.96 bits per heavy atom. The van der Waals surface area contributed by atoms with Crippen molar-refractivity contribution < 1.29 is 13.9 Å². The van der Waals surface area contributed by atoms with Gasteiger partial charge in [0.1, 0.15) is 17.9 Å². The number of rotatable bonds is 7. The Balaban J connectivity index is 1.40. The third-order valence-corrected chi connectivity index (χ3v) is 4.32. The molecular weight excluding hydrogens is 328 g/mol. The van der Waals surface area contributed by atoms with E-state index in [4.69, 9.17) is 9.15 Å². The summed E-state index contributed by atoms with van der Waals surface area (Å²) in [6, 6.07) is 11.9. The second-order valence-corrected chi connectivity index (χ2v) is 6.52. The van der Waals surface area contributed by atoms with Crippen molar-refractivity contribution in [3.8, 4) is 5.75 Å². The monoisotopic (exact) mass is 352 g/mol. The van der Waals surface area contributed by atoms with Gasteiger partial charge in [-0.3, -0.25) is 4.79 Å². The van der Waals surface area contributed by atoms with E-state index in [0.29, 0.717) is 31.9 Å². The van der Waals surface area contributed by atoms with Crippen molar-refractivity contribution >= 4 is 17.0 Å². The minimum Gasteiger partial charge on any atom is -0.492 e. The van der Waals surface area contributed by atoms with Crippen LogP contribution in [0, 0.1) is 20.8 Å². The highest BCUT2D eigenvalue weighted by atomic mass is 16.5. The third kappa shape index (κ3) is 4.63. The van der Waals surface area contributed by atoms with Gasteiger partial charge in [-0.05, 0) is 61.7 Å². The molecule has 1 N–H and O–H groups in total. The summed E-state index contributed by atoms with van der Waals surface area (Å²) in [6.07, 6.45) is 0.826. The van der Waals surface area contributed by atoms with E-state index >= 15 is 0 Å². The number of fused-ring (bicyclic) bond motifs is 1. The molecule has 0 aliphatic carbocycles. The van der Waals surface area contributed by atoms with Gasteiger partial charge in [0.15, 0.2) is 11.5 Å². The summed E-state index contributed by atoms with van der Waals surface area (Å²) in [6.45, 7) is 7.05. The largest absolute Gasteiger partial charge is 0.492 e. The van der Waals surface area contributed by atoms with Gasteiger partial charge in [0.25, 0.3) is 0 Å². The van der Waals surface area contributed by atoms with Crippen LogP contribution in [0.1, 0.15) is 29.0 Å². The average molecular weight is 352 g/mol. The van der Waals surface area contributed by atoms with Crippen LogP contribution in [0.15, 0.2) is 40.8 Å². The molecule has 0 saturated carbocycles. The summed E-state index contributed by atoms with van der Waals surface area (Å²) >= 11 is 0. The van der Waals surface area contributed by atoms with Crippen LogP contribution in [-0.4, -0.2) is 24.0 Å². The number of nitrogens with one attached hydrogen (secondary N) is 1. The molecule has 0 aliphatic rings. The molecule has 26 heavy (non-hydrogen) atoms. The fourth-order valence-electron chi connectivity index (χ4n) is 2.66. The van der Waals surface area contributed by atoms with Crippen molar-refractivity contribution in [1.29, 1.82) is 0 Å². The fourth-order valence-corrected chi connectivity index (χ4v) is 2.66. The zero-order valence-electron chi connectivity index (χ0n) is 15.5. The Hall–Kier alpha value is -2.82. The fraction of sp³-hybridized carbons (Fsp3) is 0.333. The first kappa shape index (κ1) is 18.0. The molecule has 136 valence electrons. The highest BCUT2D eigenvalue weighted by Gasteiger charge is 2.08. The highest BCUT2D eigenvalue weighted by molar-refractivity contribution is 5.76. The summed E-state index contributed by atoms with van der Waals surface area (Å²) in [4.78, 5) is 16.4. The van der Waals surface area contributed by atoms with E-state index in [9.17, 15) is 4.79 Å². The van der Waals surface area contributed by atoms with Crippen molar-refractivity contribution in [3.63, 3.8) is 0 Å². The number of carbonyl (C=O) groups is 1. The van der Waals surface area contributed by atoms with E-state index in [-0.39, 0.29) is 5.91 Å². The molecule has 5 heteroatoms. The number of oxazole rings is 1. The molecule has 0 unspecified atom stereocenters. The molecule has 0 spiro atoms. The van der Waals surface area contributed by atoms with Gasteiger partial charge in [-0.25, -0.2) is 4.98 Å². The Kier molecular flexibility index (Phi) is 5.56. The number of hydrogen-bond acceptors (Lipinski definition) is 4. The molecule has 0 radical (unpaired) electrons. The van der Waals surface area contributed by atoms with Crippen LogP contribution in [0.25, 0.3) is 11.1 Å². The highest BCUT2D eigenvalue weighted by Crippen LogP contribution is 2.18. The molecule has 0 saturated heterocycles. The first-order valence-electron chi connectivity index (χ1n) is 8.84. The lowest BCUT2D eigenvalue weighted by atomic mass is 10.1. The summed E-state index contributed by atoms with van der Waals surface area (Å²) in [5, 5.41) is 2.86. The van der Waals surface area contributed by atoms with Crippen molar-refractivity contribution in [3.05, 3.63) is 59.0 Å². The summed E-state index contributed by atoms with van der Waals surface area (Å²) < 4.78 is 11.3. The molecule has 3 aromatic rings. The minimum atomic E-state index is -0.0351. The number of carbonyl (C=O) groups excluding carboxylic acids is 1. The lowest BCUT2D eigenvalue weighted by Crippen LogP contribution is -2.28. The van der Waals surface area contributed by atoms with E-state index in [2.05, 4.69) is 24.1 Å². The zero-order chi connectivity index (χ0) is 18.5. The van der Waals surface area contributed by atoms with E-state index in [1.165, 1.54) is 11.1 Å². The number of nitrogens with zero attached hydrogens (tertiary/aromatic N) is 1. The molecule has 1 amide bonds. The molecule has 0 bridgehead atoms. The number of aromatic nitrogens is 1. The lowest BCUT2D eigenvalue weighted by Gasteiger charge is -2.09. The first-order chi connectivity index (χ1) is 12.5. The van der Waals surface area contributed by atoms with E-state index in [1.807, 2.05) is 43.3 Å². The summed E-state index contributed by atoms with van der Waals surface area (Å²) in [5.74, 6) is 1.38. The second kappa shape index (κ2) is 8.04. The van der Waals surface area contributed by atoms with Gasteiger partial charge >= 0.3 is 0 Å². The minimum absolute atomic E-state index is 0.0351. The van der Waals surface area contributed by atoms with E-state index in [0.717, 1.165) is 22.4 Å². The van der Waals surface area contributed by atoms with Gasteiger partial charge in [0.2, 0.25) is 5.91 Å². The predicted octanol–water partition coefficient (Wildman–Crippen LogP) is 3.88. The van der Waals surface area contributed by atoms with Crippen LogP contribution >= 0.6 is 0 Å². The number of hydrogen-bond donors (Lipinski definition) is 1. The Morgan fingerprint density at radius 1 is 1.12 bits per heavy atom. The number of ether oxygens (including phenoxy) is 1. The summed E-state index contributed by atoms with van der Waals surface area (Å²) in [7, 11) is 0. The maximum Gasteiger partial charge on any atom is 0.220 e. The van der Waals surface area contributed by atoms with Crippen molar-refractivity contribution in [2.45, 2.75) is 33.6 Å². The maximum absolute atomic E-state index is 12.0. The second-order valence-electron chi connectivity index (χ2n) is 6.52. The molecular formula is C21H24N2O3. The number of aryl methyl sites for hydroxylation is 4. The van der Waals surface area contributed by atoms with Gasteiger partial charge < -0.3 is 14.5 Å². The van der Waals surface area contributed by atoms with Crippen LogP contribution in [0.4, 0.5) is 0 Å². The van der Waals surface area contributed by atoms with Gasteiger partial charge in [-0.2, -0.15) is 0 Å². The third-order valence-electron chi connectivity index (χ3n) is 4.32. The molecule has 0 atom stereocenters. The molecule has 1 aromatic heterocycles. The zero-order valence-corrected chi connectivity index (χ0v) is 15.5. The predicted molar refractivity (Wildman–Crippen MR) is 101 cm³/mol. The van der Waals surface area contributed by atoms with Crippen molar-refractivity contribution in [1.82, 2.24) is 10.3 Å². The normalized spacial score (nSPS) is 10.9. The summed E-state index contributed by atoms with van der Waals surface area (Å²) in [5.41, 5.74) is 5.16. The SMILES string of the molecule is Cc1ccc2oc(CCC(=O)NCCOc3ccc(C)c(C)c3)nc2c1. The van der Waals surface area contributed by atoms with Gasteiger partial charge in [-0.15, -0.1) is 0 Å².